The number of nitrogens with one attached hydrogen (secondary N) is 1. The molecule has 1 N–H and O–H groups in total. The van der Waals surface area contributed by atoms with Crippen molar-refractivity contribution in [2.45, 2.75) is 0 Å². The molecule has 0 saturated heterocycles. The lowest BCUT2D eigenvalue weighted by molar-refractivity contribution is -0.111. The van der Waals surface area contributed by atoms with Crippen LogP contribution < -0.4 is 5.32 Å². The number of aromatic nitrogens is 1. The molecule has 0 spiro atoms. The molecule has 7 heteroatoms. The minimum atomic E-state index is -0.757. The van der Waals surface area contributed by atoms with Crippen molar-refractivity contribution in [2.75, 3.05) is 5.32 Å². The number of anilines is 1. The summed E-state index contributed by atoms with van der Waals surface area (Å²) in [5.74, 6) is -1.35. The summed E-state index contributed by atoms with van der Waals surface area (Å²) in [5.41, 5.74) is 0.0340. The molecule has 2 aromatic heterocycles. The van der Waals surface area contributed by atoms with Gasteiger partial charge in [0.2, 0.25) is 5.91 Å². The van der Waals surface area contributed by atoms with Crippen LogP contribution in [0.25, 0.3) is 16.3 Å². The molecule has 1 aromatic carbocycles. The van der Waals surface area contributed by atoms with Crippen LogP contribution in [-0.4, -0.2) is 10.9 Å². The average molecular weight is 306 g/mol. The fourth-order valence-electron chi connectivity index (χ4n) is 1.70. The Labute approximate surface area is 121 Å². The zero-order valence-electron chi connectivity index (χ0n) is 10.5. The van der Waals surface area contributed by atoms with Crippen molar-refractivity contribution < 1.29 is 18.0 Å². The summed E-state index contributed by atoms with van der Waals surface area (Å²) in [6.07, 6.45) is 4.24. The summed E-state index contributed by atoms with van der Waals surface area (Å²) in [6, 6.07) is 5.32. The zero-order chi connectivity index (χ0) is 14.8. The molecule has 106 valence electrons. The van der Waals surface area contributed by atoms with Crippen LogP contribution >= 0.6 is 11.3 Å². The molecule has 0 aliphatic carbocycles. The van der Waals surface area contributed by atoms with Gasteiger partial charge in [0.1, 0.15) is 17.1 Å². The Morgan fingerprint density at radius 2 is 2.24 bits per heavy atom. The second kappa shape index (κ2) is 5.45. The number of hydrogen-bond donors (Lipinski definition) is 1. The lowest BCUT2D eigenvalue weighted by atomic mass is 10.3. The second-order valence-corrected chi connectivity index (χ2v) is 5.12. The van der Waals surface area contributed by atoms with E-state index in [1.54, 1.807) is 12.1 Å². The van der Waals surface area contributed by atoms with Gasteiger partial charge in [0.25, 0.3) is 0 Å². The van der Waals surface area contributed by atoms with Gasteiger partial charge in [-0.3, -0.25) is 10.1 Å². The summed E-state index contributed by atoms with van der Waals surface area (Å²) in [6.45, 7) is 0. The third kappa shape index (κ3) is 2.97. The molecule has 0 aliphatic heterocycles. The molecular weight excluding hydrogens is 298 g/mol. The maximum Gasteiger partial charge on any atom is 0.250 e. The standard InChI is InChI=1S/C14H8F2N2O2S/c15-8-6-10(16)13-11(7-8)21-14(18-13)17-12(19)4-3-9-2-1-5-20-9/h1-7H,(H,17,18,19). The first-order chi connectivity index (χ1) is 10.1. The van der Waals surface area contributed by atoms with Gasteiger partial charge in [0.15, 0.2) is 10.9 Å². The number of thiazole rings is 1. The number of carbonyl (C=O) groups excluding carboxylic acids is 1. The Hall–Kier alpha value is -2.54. The van der Waals surface area contributed by atoms with Crippen LogP contribution in [0.15, 0.2) is 41.0 Å². The summed E-state index contributed by atoms with van der Waals surface area (Å²) < 4.78 is 31.9. The number of benzene rings is 1. The predicted molar refractivity (Wildman–Crippen MR) is 75.9 cm³/mol. The van der Waals surface area contributed by atoms with E-state index >= 15 is 0 Å². The van der Waals surface area contributed by atoms with Gasteiger partial charge in [0.05, 0.1) is 11.0 Å². The van der Waals surface area contributed by atoms with Gasteiger partial charge in [-0.05, 0) is 24.3 Å². The number of carbonyl (C=O) groups is 1. The maximum absolute atomic E-state index is 13.5. The van der Waals surface area contributed by atoms with Crippen molar-refractivity contribution in [3.63, 3.8) is 0 Å². The highest BCUT2D eigenvalue weighted by Gasteiger charge is 2.11. The smallest absolute Gasteiger partial charge is 0.250 e. The minimum Gasteiger partial charge on any atom is -0.465 e. The van der Waals surface area contributed by atoms with Gasteiger partial charge in [-0.25, -0.2) is 13.8 Å². The topological polar surface area (TPSA) is 55.1 Å². The van der Waals surface area contributed by atoms with E-state index in [9.17, 15) is 13.6 Å². The molecule has 0 fully saturated rings. The molecule has 0 bridgehead atoms. The molecule has 4 nitrogen and oxygen atoms in total. The lowest BCUT2D eigenvalue weighted by Gasteiger charge is -1.94. The van der Waals surface area contributed by atoms with Crippen molar-refractivity contribution in [3.8, 4) is 0 Å². The molecule has 0 saturated carbocycles. The van der Waals surface area contributed by atoms with Crippen molar-refractivity contribution in [3.05, 3.63) is 54.0 Å². The van der Waals surface area contributed by atoms with E-state index in [1.807, 2.05) is 0 Å². The van der Waals surface area contributed by atoms with E-state index in [1.165, 1.54) is 24.5 Å². The number of amides is 1. The number of furan rings is 1. The van der Waals surface area contributed by atoms with Gasteiger partial charge in [-0.2, -0.15) is 0 Å². The lowest BCUT2D eigenvalue weighted by Crippen LogP contribution is -2.07. The van der Waals surface area contributed by atoms with Crippen molar-refractivity contribution in [2.24, 2.45) is 0 Å². The van der Waals surface area contributed by atoms with Crippen LogP contribution in [-0.2, 0) is 4.79 Å². The number of hydrogen-bond acceptors (Lipinski definition) is 4. The Morgan fingerprint density at radius 1 is 1.38 bits per heavy atom. The molecule has 0 atom stereocenters. The van der Waals surface area contributed by atoms with Crippen LogP contribution in [0.3, 0.4) is 0 Å². The van der Waals surface area contributed by atoms with Gasteiger partial charge in [-0.15, -0.1) is 0 Å². The first-order valence-corrected chi connectivity index (χ1v) is 6.71. The summed E-state index contributed by atoms with van der Waals surface area (Å²) in [4.78, 5) is 15.6. The second-order valence-electron chi connectivity index (χ2n) is 4.09. The minimum absolute atomic E-state index is 0.0340. The molecule has 0 radical (unpaired) electrons. The Kier molecular flexibility index (Phi) is 3.49. The summed E-state index contributed by atoms with van der Waals surface area (Å²) in [5, 5.41) is 2.69. The van der Waals surface area contributed by atoms with E-state index in [0.717, 1.165) is 17.4 Å². The quantitative estimate of drug-likeness (QED) is 0.748. The Morgan fingerprint density at radius 3 is 3.00 bits per heavy atom. The van der Waals surface area contributed by atoms with Crippen LogP contribution in [0.1, 0.15) is 5.76 Å². The number of nitrogens with zero attached hydrogens (tertiary/aromatic N) is 1. The highest BCUT2D eigenvalue weighted by atomic mass is 32.1. The van der Waals surface area contributed by atoms with Gasteiger partial charge in [-0.1, -0.05) is 11.3 Å². The number of halogens is 2. The van der Waals surface area contributed by atoms with Crippen molar-refractivity contribution in [1.82, 2.24) is 4.98 Å². The van der Waals surface area contributed by atoms with E-state index in [2.05, 4.69) is 10.3 Å². The van der Waals surface area contributed by atoms with E-state index < -0.39 is 17.5 Å². The molecule has 1 amide bonds. The maximum atomic E-state index is 13.5. The number of fused-ring (bicyclic) bond motifs is 1. The average Bonchev–Trinajstić information content (AvgIpc) is 3.05. The van der Waals surface area contributed by atoms with Gasteiger partial charge >= 0.3 is 0 Å². The van der Waals surface area contributed by atoms with E-state index in [4.69, 9.17) is 4.42 Å². The van der Waals surface area contributed by atoms with Crippen LogP contribution in [0, 0.1) is 11.6 Å². The SMILES string of the molecule is O=C(C=Cc1ccco1)Nc1nc2c(F)cc(F)cc2s1. The monoisotopic (exact) mass is 306 g/mol. The molecule has 0 aliphatic rings. The van der Waals surface area contributed by atoms with Crippen LogP contribution in [0.2, 0.25) is 0 Å². The van der Waals surface area contributed by atoms with Gasteiger partial charge in [0, 0.05) is 12.1 Å². The first-order valence-electron chi connectivity index (χ1n) is 5.90. The molecule has 21 heavy (non-hydrogen) atoms. The molecule has 3 aromatic rings. The summed E-state index contributed by atoms with van der Waals surface area (Å²) in [7, 11) is 0. The largest absolute Gasteiger partial charge is 0.465 e. The highest BCUT2D eigenvalue weighted by Crippen LogP contribution is 2.28. The number of rotatable bonds is 3. The van der Waals surface area contributed by atoms with Crippen LogP contribution in [0.5, 0.6) is 0 Å². The Balaban J connectivity index is 1.78. The summed E-state index contributed by atoms with van der Waals surface area (Å²) >= 11 is 0.997. The van der Waals surface area contributed by atoms with Gasteiger partial charge < -0.3 is 4.42 Å². The third-order valence-electron chi connectivity index (χ3n) is 2.59. The van der Waals surface area contributed by atoms with Crippen molar-refractivity contribution in [1.29, 1.82) is 0 Å². The van der Waals surface area contributed by atoms with Crippen molar-refractivity contribution >= 4 is 38.7 Å². The fraction of sp³-hybridized carbons (Fsp3) is 0. The predicted octanol–water partition coefficient (Wildman–Crippen LogP) is 3.82. The van der Waals surface area contributed by atoms with E-state index in [-0.39, 0.29) is 10.6 Å². The normalized spacial score (nSPS) is 11.3. The molecular formula is C14H8F2N2O2S. The molecule has 3 rings (SSSR count). The van der Waals surface area contributed by atoms with E-state index in [0.29, 0.717) is 10.5 Å². The zero-order valence-corrected chi connectivity index (χ0v) is 11.3. The van der Waals surface area contributed by atoms with Crippen LogP contribution in [0.4, 0.5) is 13.9 Å². The third-order valence-corrected chi connectivity index (χ3v) is 3.50. The first kappa shape index (κ1) is 13.4. The Bertz CT molecular complexity index is 825. The fourth-order valence-corrected chi connectivity index (χ4v) is 2.61. The highest BCUT2D eigenvalue weighted by molar-refractivity contribution is 7.22. The molecule has 0 unspecified atom stereocenters. The molecule has 2 heterocycles.